The van der Waals surface area contributed by atoms with Crippen LogP contribution in [0.15, 0.2) is 24.3 Å². The van der Waals surface area contributed by atoms with E-state index in [1.807, 2.05) is 18.2 Å². The van der Waals surface area contributed by atoms with E-state index in [4.69, 9.17) is 15.6 Å². The van der Waals surface area contributed by atoms with Crippen molar-refractivity contribution in [3.63, 3.8) is 0 Å². The summed E-state index contributed by atoms with van der Waals surface area (Å²) in [7, 11) is 1.65. The molecule has 18 heavy (non-hydrogen) atoms. The van der Waals surface area contributed by atoms with Crippen molar-refractivity contribution in [2.45, 2.75) is 37.1 Å². The summed E-state index contributed by atoms with van der Waals surface area (Å²) in [5, 5.41) is 9.09. The molecule has 0 aromatic heterocycles. The van der Waals surface area contributed by atoms with E-state index in [2.05, 4.69) is 6.07 Å². The maximum atomic E-state index is 11.1. The summed E-state index contributed by atoms with van der Waals surface area (Å²) in [5.41, 5.74) is 6.05. The van der Waals surface area contributed by atoms with Gasteiger partial charge < -0.3 is 15.6 Å². The lowest BCUT2D eigenvalue weighted by atomic mass is 9.75. The number of methoxy groups -OCH3 is 1. The zero-order valence-electron chi connectivity index (χ0n) is 10.6. The van der Waals surface area contributed by atoms with E-state index >= 15 is 0 Å². The summed E-state index contributed by atoms with van der Waals surface area (Å²) < 4.78 is 5.21. The molecule has 0 aliphatic heterocycles. The Kier molecular flexibility index (Phi) is 3.57. The molecule has 4 heteroatoms. The SMILES string of the molecule is COc1cccc(C2CCC(N)(C(=O)O)CC2)c1. The standard InChI is InChI=1S/C14H19NO3/c1-18-12-4-2-3-11(9-12)10-5-7-14(15,8-6-10)13(16)17/h2-4,9-10H,5-8,15H2,1H3,(H,16,17). The highest BCUT2D eigenvalue weighted by molar-refractivity contribution is 5.78. The van der Waals surface area contributed by atoms with Gasteiger partial charge in [-0.05, 0) is 49.3 Å². The van der Waals surface area contributed by atoms with Crippen molar-refractivity contribution in [2.24, 2.45) is 5.73 Å². The molecule has 1 aliphatic rings. The molecule has 2 rings (SSSR count). The highest BCUT2D eigenvalue weighted by Crippen LogP contribution is 2.37. The number of hydrogen-bond acceptors (Lipinski definition) is 3. The zero-order valence-corrected chi connectivity index (χ0v) is 10.6. The Balaban J connectivity index is 2.07. The average molecular weight is 249 g/mol. The van der Waals surface area contributed by atoms with Crippen molar-refractivity contribution in [1.29, 1.82) is 0 Å². The van der Waals surface area contributed by atoms with E-state index in [1.165, 1.54) is 5.56 Å². The Morgan fingerprint density at radius 2 is 2.11 bits per heavy atom. The van der Waals surface area contributed by atoms with E-state index in [1.54, 1.807) is 7.11 Å². The van der Waals surface area contributed by atoms with Crippen molar-refractivity contribution in [1.82, 2.24) is 0 Å². The van der Waals surface area contributed by atoms with Gasteiger partial charge in [0.25, 0.3) is 0 Å². The molecule has 4 nitrogen and oxygen atoms in total. The summed E-state index contributed by atoms with van der Waals surface area (Å²) in [6.07, 6.45) is 2.69. The second-order valence-corrected chi connectivity index (χ2v) is 5.01. The minimum atomic E-state index is -1.03. The molecular weight excluding hydrogens is 230 g/mol. The normalized spacial score (nSPS) is 27.8. The van der Waals surface area contributed by atoms with Crippen LogP contribution in [0, 0.1) is 0 Å². The summed E-state index contributed by atoms with van der Waals surface area (Å²) in [5.74, 6) is 0.345. The largest absolute Gasteiger partial charge is 0.497 e. The second kappa shape index (κ2) is 4.98. The fraction of sp³-hybridized carbons (Fsp3) is 0.500. The van der Waals surface area contributed by atoms with E-state index in [0.717, 1.165) is 18.6 Å². The van der Waals surface area contributed by atoms with Crippen LogP contribution < -0.4 is 10.5 Å². The fourth-order valence-electron chi connectivity index (χ4n) is 2.58. The number of carboxylic acid groups (broad SMARTS) is 1. The topological polar surface area (TPSA) is 72.5 Å². The second-order valence-electron chi connectivity index (χ2n) is 5.01. The highest BCUT2D eigenvalue weighted by Gasteiger charge is 2.38. The summed E-state index contributed by atoms with van der Waals surface area (Å²) in [6, 6.07) is 7.97. The van der Waals surface area contributed by atoms with E-state index in [0.29, 0.717) is 18.8 Å². The predicted octanol–water partition coefficient (Wildman–Crippen LogP) is 2.13. The molecule has 0 unspecified atom stereocenters. The van der Waals surface area contributed by atoms with Gasteiger partial charge in [0.15, 0.2) is 0 Å². The Hall–Kier alpha value is -1.55. The molecule has 0 amide bonds. The molecule has 0 heterocycles. The number of hydrogen-bond donors (Lipinski definition) is 2. The zero-order chi connectivity index (χ0) is 13.2. The van der Waals surface area contributed by atoms with Gasteiger partial charge in [0.05, 0.1) is 7.11 Å². The minimum absolute atomic E-state index is 0.385. The first-order chi connectivity index (χ1) is 8.55. The van der Waals surface area contributed by atoms with Crippen molar-refractivity contribution in [3.8, 4) is 5.75 Å². The number of benzene rings is 1. The molecule has 0 radical (unpaired) electrons. The maximum absolute atomic E-state index is 11.1. The average Bonchev–Trinajstić information content (AvgIpc) is 2.39. The third-order valence-electron chi connectivity index (χ3n) is 3.87. The number of carboxylic acids is 1. The third-order valence-corrected chi connectivity index (χ3v) is 3.87. The lowest BCUT2D eigenvalue weighted by Gasteiger charge is -2.33. The first-order valence-electron chi connectivity index (χ1n) is 6.21. The minimum Gasteiger partial charge on any atom is -0.497 e. The molecule has 1 fully saturated rings. The monoisotopic (exact) mass is 249 g/mol. The molecule has 0 bridgehead atoms. The van der Waals surface area contributed by atoms with Gasteiger partial charge in [0.1, 0.15) is 11.3 Å². The van der Waals surface area contributed by atoms with Crippen LogP contribution >= 0.6 is 0 Å². The molecular formula is C14H19NO3. The van der Waals surface area contributed by atoms with Gasteiger partial charge in [-0.3, -0.25) is 4.79 Å². The van der Waals surface area contributed by atoms with Gasteiger partial charge in [0, 0.05) is 0 Å². The van der Waals surface area contributed by atoms with Crippen LogP contribution in [0.3, 0.4) is 0 Å². The van der Waals surface area contributed by atoms with Crippen molar-refractivity contribution in [2.75, 3.05) is 7.11 Å². The molecule has 1 aromatic carbocycles. The third kappa shape index (κ3) is 2.48. The van der Waals surface area contributed by atoms with Crippen molar-refractivity contribution in [3.05, 3.63) is 29.8 Å². The summed E-state index contributed by atoms with van der Waals surface area (Å²) in [6.45, 7) is 0. The Morgan fingerprint density at radius 1 is 1.44 bits per heavy atom. The maximum Gasteiger partial charge on any atom is 0.323 e. The molecule has 98 valence electrons. The van der Waals surface area contributed by atoms with Crippen LogP contribution in [-0.4, -0.2) is 23.7 Å². The van der Waals surface area contributed by atoms with Crippen LogP contribution in [-0.2, 0) is 4.79 Å². The first-order valence-corrected chi connectivity index (χ1v) is 6.21. The molecule has 0 atom stereocenters. The van der Waals surface area contributed by atoms with Gasteiger partial charge in [-0.1, -0.05) is 12.1 Å². The number of ether oxygens (including phenoxy) is 1. The van der Waals surface area contributed by atoms with E-state index < -0.39 is 11.5 Å². The molecule has 3 N–H and O–H groups in total. The van der Waals surface area contributed by atoms with E-state index in [9.17, 15) is 4.79 Å². The van der Waals surface area contributed by atoms with Gasteiger partial charge in [-0.15, -0.1) is 0 Å². The molecule has 0 spiro atoms. The van der Waals surface area contributed by atoms with Crippen molar-refractivity contribution < 1.29 is 14.6 Å². The van der Waals surface area contributed by atoms with Crippen LogP contribution in [0.4, 0.5) is 0 Å². The number of nitrogens with two attached hydrogens (primary N) is 1. The Bertz CT molecular complexity index is 436. The quantitative estimate of drug-likeness (QED) is 0.860. The highest BCUT2D eigenvalue weighted by atomic mass is 16.5. The summed E-state index contributed by atoms with van der Waals surface area (Å²) in [4.78, 5) is 11.1. The van der Waals surface area contributed by atoms with Gasteiger partial charge in [-0.2, -0.15) is 0 Å². The smallest absolute Gasteiger partial charge is 0.323 e. The van der Waals surface area contributed by atoms with Gasteiger partial charge >= 0.3 is 5.97 Å². The molecule has 1 aliphatic carbocycles. The van der Waals surface area contributed by atoms with Gasteiger partial charge in [0.2, 0.25) is 0 Å². The predicted molar refractivity (Wildman–Crippen MR) is 68.8 cm³/mol. The van der Waals surface area contributed by atoms with Gasteiger partial charge in [-0.25, -0.2) is 0 Å². The molecule has 1 aromatic rings. The molecule has 0 saturated heterocycles. The summed E-state index contributed by atoms with van der Waals surface area (Å²) >= 11 is 0. The van der Waals surface area contributed by atoms with Crippen LogP contribution in [0.1, 0.15) is 37.2 Å². The van der Waals surface area contributed by atoms with Crippen LogP contribution in [0.2, 0.25) is 0 Å². The first kappa shape index (κ1) is 12.9. The number of rotatable bonds is 3. The Labute approximate surface area is 107 Å². The fourth-order valence-corrected chi connectivity index (χ4v) is 2.58. The van der Waals surface area contributed by atoms with Crippen molar-refractivity contribution >= 4 is 5.97 Å². The lowest BCUT2D eigenvalue weighted by molar-refractivity contribution is -0.144. The van der Waals surface area contributed by atoms with Crippen LogP contribution in [0.25, 0.3) is 0 Å². The van der Waals surface area contributed by atoms with Crippen LogP contribution in [0.5, 0.6) is 5.75 Å². The number of carbonyl (C=O) groups is 1. The molecule has 1 saturated carbocycles. The Morgan fingerprint density at radius 3 is 2.67 bits per heavy atom. The van der Waals surface area contributed by atoms with E-state index in [-0.39, 0.29) is 0 Å². The number of aliphatic carboxylic acids is 1. The lowest BCUT2D eigenvalue weighted by Crippen LogP contribution is -2.50.